The van der Waals surface area contributed by atoms with Gasteiger partial charge in [-0.05, 0) is 43.2 Å². The van der Waals surface area contributed by atoms with E-state index >= 15 is 0 Å². The summed E-state index contributed by atoms with van der Waals surface area (Å²) < 4.78 is 13.4. The number of carbonyl (C=O) groups excluding carboxylic acids is 1. The quantitative estimate of drug-likeness (QED) is 0.888. The lowest BCUT2D eigenvalue weighted by molar-refractivity contribution is -0.115. The van der Waals surface area contributed by atoms with Gasteiger partial charge in [0.15, 0.2) is 0 Å². The molecule has 0 spiro atoms. The molecule has 110 valence electrons. The highest BCUT2D eigenvalue weighted by Crippen LogP contribution is 2.28. The zero-order valence-electron chi connectivity index (χ0n) is 12.2. The smallest absolute Gasteiger partial charge is 0.238 e. The van der Waals surface area contributed by atoms with Gasteiger partial charge in [-0.15, -0.1) is 0 Å². The summed E-state index contributed by atoms with van der Waals surface area (Å²) in [5.41, 5.74) is 0.240. The molecule has 1 aromatic carbocycles. The van der Waals surface area contributed by atoms with Gasteiger partial charge < -0.3 is 10.6 Å². The molecule has 1 aliphatic rings. The van der Waals surface area contributed by atoms with Gasteiger partial charge in [0, 0.05) is 6.04 Å². The van der Waals surface area contributed by atoms with E-state index in [0.29, 0.717) is 17.9 Å². The van der Waals surface area contributed by atoms with Crippen molar-refractivity contribution in [3.63, 3.8) is 0 Å². The second-order valence-electron chi connectivity index (χ2n) is 6.02. The fourth-order valence-corrected chi connectivity index (χ4v) is 3.11. The Morgan fingerprint density at radius 1 is 1.20 bits per heavy atom. The molecule has 1 aliphatic carbocycles. The summed E-state index contributed by atoms with van der Waals surface area (Å²) in [4.78, 5) is 11.8. The molecular formula is C16H23FN2O. The lowest BCUT2D eigenvalue weighted by Gasteiger charge is -2.31. The second-order valence-corrected chi connectivity index (χ2v) is 6.02. The highest BCUT2D eigenvalue weighted by molar-refractivity contribution is 5.92. The molecule has 2 rings (SSSR count). The Hall–Kier alpha value is -1.42. The third-order valence-corrected chi connectivity index (χ3v) is 3.88. The van der Waals surface area contributed by atoms with Crippen LogP contribution in [0, 0.1) is 17.7 Å². The molecule has 1 amide bonds. The molecule has 1 aromatic rings. The molecule has 0 aliphatic heterocycles. The van der Waals surface area contributed by atoms with Crippen LogP contribution in [-0.2, 0) is 4.79 Å². The number of amides is 1. The predicted molar refractivity (Wildman–Crippen MR) is 79.0 cm³/mol. The van der Waals surface area contributed by atoms with Crippen molar-refractivity contribution in [1.82, 2.24) is 5.32 Å². The van der Waals surface area contributed by atoms with Gasteiger partial charge in [0.05, 0.1) is 12.2 Å². The van der Waals surface area contributed by atoms with E-state index < -0.39 is 5.82 Å². The van der Waals surface area contributed by atoms with E-state index in [4.69, 9.17) is 0 Å². The third kappa shape index (κ3) is 4.30. The summed E-state index contributed by atoms with van der Waals surface area (Å²) in [5.74, 6) is 0.804. The Morgan fingerprint density at radius 3 is 2.50 bits per heavy atom. The van der Waals surface area contributed by atoms with Crippen molar-refractivity contribution in [2.24, 2.45) is 11.8 Å². The predicted octanol–water partition coefficient (Wildman–Crippen LogP) is 3.18. The van der Waals surface area contributed by atoms with Gasteiger partial charge in [0.25, 0.3) is 0 Å². The number of para-hydroxylation sites is 1. The van der Waals surface area contributed by atoms with Gasteiger partial charge in [-0.3, -0.25) is 4.79 Å². The molecule has 2 unspecified atom stereocenters. The normalized spacial score (nSPS) is 26.2. The number of halogens is 1. The van der Waals surface area contributed by atoms with Crippen LogP contribution in [0.1, 0.15) is 33.1 Å². The maximum absolute atomic E-state index is 13.4. The Labute approximate surface area is 120 Å². The number of anilines is 1. The summed E-state index contributed by atoms with van der Waals surface area (Å²) in [6.07, 6.45) is 3.48. The molecule has 0 saturated heterocycles. The van der Waals surface area contributed by atoms with E-state index in [-0.39, 0.29) is 18.1 Å². The van der Waals surface area contributed by atoms with E-state index in [1.54, 1.807) is 18.2 Å². The minimum atomic E-state index is -0.402. The third-order valence-electron chi connectivity index (χ3n) is 3.88. The average Bonchev–Trinajstić information content (AvgIpc) is 2.38. The van der Waals surface area contributed by atoms with Gasteiger partial charge >= 0.3 is 0 Å². The highest BCUT2D eigenvalue weighted by Gasteiger charge is 2.23. The number of hydrogen-bond donors (Lipinski definition) is 2. The number of rotatable bonds is 4. The first-order chi connectivity index (χ1) is 9.54. The summed E-state index contributed by atoms with van der Waals surface area (Å²) in [6.45, 7) is 4.74. The van der Waals surface area contributed by atoms with Crippen molar-refractivity contribution >= 4 is 11.6 Å². The van der Waals surface area contributed by atoms with Crippen LogP contribution >= 0.6 is 0 Å². The minimum absolute atomic E-state index is 0.194. The van der Waals surface area contributed by atoms with Gasteiger partial charge in [0.2, 0.25) is 5.91 Å². The van der Waals surface area contributed by atoms with E-state index in [1.165, 1.54) is 12.5 Å². The molecular weight excluding hydrogens is 255 g/mol. The Kier molecular flexibility index (Phi) is 5.12. The van der Waals surface area contributed by atoms with Crippen LogP contribution in [0.5, 0.6) is 0 Å². The van der Waals surface area contributed by atoms with Gasteiger partial charge in [-0.25, -0.2) is 4.39 Å². The summed E-state index contributed by atoms with van der Waals surface area (Å²) in [7, 11) is 0. The average molecular weight is 278 g/mol. The largest absolute Gasteiger partial charge is 0.322 e. The maximum Gasteiger partial charge on any atom is 0.238 e. The van der Waals surface area contributed by atoms with Crippen molar-refractivity contribution < 1.29 is 9.18 Å². The lowest BCUT2D eigenvalue weighted by Crippen LogP contribution is -2.40. The Balaban J connectivity index is 1.79. The van der Waals surface area contributed by atoms with Crippen LogP contribution in [0.2, 0.25) is 0 Å². The van der Waals surface area contributed by atoms with E-state index in [2.05, 4.69) is 24.5 Å². The summed E-state index contributed by atoms with van der Waals surface area (Å²) >= 11 is 0. The number of carbonyl (C=O) groups is 1. The molecule has 4 heteroatoms. The van der Waals surface area contributed by atoms with E-state index in [1.807, 2.05) is 0 Å². The van der Waals surface area contributed by atoms with Crippen LogP contribution in [0.3, 0.4) is 0 Å². The second kappa shape index (κ2) is 6.84. The maximum atomic E-state index is 13.4. The van der Waals surface area contributed by atoms with Crippen LogP contribution < -0.4 is 10.6 Å². The first-order valence-corrected chi connectivity index (χ1v) is 7.32. The van der Waals surface area contributed by atoms with Crippen LogP contribution in [0.15, 0.2) is 24.3 Å². The van der Waals surface area contributed by atoms with Crippen LogP contribution in [-0.4, -0.2) is 18.5 Å². The highest BCUT2D eigenvalue weighted by atomic mass is 19.1. The molecule has 1 saturated carbocycles. The molecule has 1 fully saturated rings. The molecule has 2 atom stereocenters. The summed E-state index contributed by atoms with van der Waals surface area (Å²) in [5, 5.41) is 5.88. The monoisotopic (exact) mass is 278 g/mol. The minimum Gasteiger partial charge on any atom is -0.322 e. The lowest BCUT2D eigenvalue weighted by atomic mass is 9.80. The fourth-order valence-electron chi connectivity index (χ4n) is 3.11. The van der Waals surface area contributed by atoms with Gasteiger partial charge in [-0.2, -0.15) is 0 Å². The Morgan fingerprint density at radius 2 is 1.85 bits per heavy atom. The first-order valence-electron chi connectivity index (χ1n) is 7.32. The Bertz CT molecular complexity index is 454. The topological polar surface area (TPSA) is 41.1 Å². The van der Waals surface area contributed by atoms with Crippen molar-refractivity contribution in [3.05, 3.63) is 30.1 Å². The number of benzene rings is 1. The standard InChI is InChI=1S/C16H23FN2O/c1-11-7-12(2)9-13(8-11)18-10-16(20)19-15-6-4-3-5-14(15)17/h3-6,11-13,18H,7-10H2,1-2H3,(H,19,20). The molecule has 0 heterocycles. The molecule has 0 aromatic heterocycles. The molecule has 0 radical (unpaired) electrons. The SMILES string of the molecule is CC1CC(C)CC(NCC(=O)Nc2ccccc2F)C1. The van der Waals surface area contributed by atoms with Crippen molar-refractivity contribution in [2.45, 2.75) is 39.2 Å². The summed E-state index contributed by atoms with van der Waals surface area (Å²) in [6, 6.07) is 6.61. The molecule has 20 heavy (non-hydrogen) atoms. The number of nitrogens with one attached hydrogen (secondary N) is 2. The zero-order valence-corrected chi connectivity index (χ0v) is 12.2. The first kappa shape index (κ1) is 15.0. The number of hydrogen-bond acceptors (Lipinski definition) is 2. The van der Waals surface area contributed by atoms with Gasteiger partial charge in [0.1, 0.15) is 5.82 Å². The van der Waals surface area contributed by atoms with Crippen molar-refractivity contribution in [2.75, 3.05) is 11.9 Å². The van der Waals surface area contributed by atoms with Crippen LogP contribution in [0.25, 0.3) is 0 Å². The van der Waals surface area contributed by atoms with Gasteiger partial charge in [-0.1, -0.05) is 26.0 Å². The van der Waals surface area contributed by atoms with E-state index in [9.17, 15) is 9.18 Å². The van der Waals surface area contributed by atoms with Crippen molar-refractivity contribution in [1.29, 1.82) is 0 Å². The fraction of sp³-hybridized carbons (Fsp3) is 0.562. The van der Waals surface area contributed by atoms with E-state index in [0.717, 1.165) is 12.8 Å². The molecule has 0 bridgehead atoms. The van der Waals surface area contributed by atoms with Crippen molar-refractivity contribution in [3.8, 4) is 0 Å². The molecule has 2 N–H and O–H groups in total. The zero-order chi connectivity index (χ0) is 14.5. The van der Waals surface area contributed by atoms with Crippen LogP contribution in [0.4, 0.5) is 10.1 Å². The molecule has 3 nitrogen and oxygen atoms in total.